The molecule has 2 aromatic heterocycles. The molecule has 1 atom stereocenters. The van der Waals surface area contributed by atoms with Crippen LogP contribution in [0.5, 0.6) is 0 Å². The van der Waals surface area contributed by atoms with E-state index in [1.165, 1.54) is 17.7 Å². The first-order valence-electron chi connectivity index (χ1n) is 10.00. The molecular weight excluding hydrogens is 375 g/mol. The molecule has 2 aromatic carbocycles. The van der Waals surface area contributed by atoms with Gasteiger partial charge in [0, 0.05) is 24.4 Å². The Bertz CT molecular complexity index is 1220. The van der Waals surface area contributed by atoms with Crippen molar-refractivity contribution in [1.82, 2.24) is 14.8 Å². The number of aryl methyl sites for hydroxylation is 2. The normalized spacial score (nSPS) is 15.6. The Morgan fingerprint density at radius 3 is 2.23 bits per heavy atom. The van der Waals surface area contributed by atoms with Gasteiger partial charge in [0.2, 0.25) is 0 Å². The molecule has 0 spiro atoms. The molecule has 5 heteroatoms. The van der Waals surface area contributed by atoms with Crippen molar-refractivity contribution in [2.24, 2.45) is 4.99 Å². The molecule has 0 saturated heterocycles. The second-order valence-electron chi connectivity index (χ2n) is 7.66. The summed E-state index contributed by atoms with van der Waals surface area (Å²) >= 11 is 0. The minimum Gasteiger partial charge on any atom is -0.265 e. The van der Waals surface area contributed by atoms with Crippen molar-refractivity contribution in [3.05, 3.63) is 101 Å². The number of aliphatic imine (C=N–C) groups is 1. The maximum Gasteiger partial charge on any atom is 0.159 e. The Balaban J connectivity index is 1.71. The summed E-state index contributed by atoms with van der Waals surface area (Å²) in [6, 6.07) is 19.1. The first-order chi connectivity index (χ1) is 14.6. The molecule has 0 saturated carbocycles. The number of benzene rings is 2. The zero-order chi connectivity index (χ0) is 20.7. The van der Waals surface area contributed by atoms with Crippen molar-refractivity contribution in [2.75, 3.05) is 0 Å². The average Bonchev–Trinajstić information content (AvgIpc) is 3.10. The third kappa shape index (κ3) is 3.22. The highest BCUT2D eigenvalue weighted by Crippen LogP contribution is 2.41. The van der Waals surface area contributed by atoms with Gasteiger partial charge >= 0.3 is 0 Å². The highest BCUT2D eigenvalue weighted by Gasteiger charge is 2.29. The van der Waals surface area contributed by atoms with Gasteiger partial charge in [-0.2, -0.15) is 5.10 Å². The van der Waals surface area contributed by atoms with Crippen LogP contribution in [0, 0.1) is 19.7 Å². The highest BCUT2D eigenvalue weighted by molar-refractivity contribution is 6.04. The van der Waals surface area contributed by atoms with Crippen LogP contribution in [0.3, 0.4) is 0 Å². The topological polar surface area (TPSA) is 43.1 Å². The SMILES string of the molecule is Cc1ccc(C2=Nc3c(-c4ccc(F)cc4)c(C)nn3C(c3ccncc3)C2)cc1. The van der Waals surface area contributed by atoms with Crippen LogP contribution >= 0.6 is 0 Å². The highest BCUT2D eigenvalue weighted by atomic mass is 19.1. The summed E-state index contributed by atoms with van der Waals surface area (Å²) in [5.41, 5.74) is 7.22. The number of rotatable bonds is 3. The van der Waals surface area contributed by atoms with Crippen molar-refractivity contribution in [3.63, 3.8) is 0 Å². The minimum absolute atomic E-state index is 0.0182. The minimum atomic E-state index is -0.254. The molecule has 3 heterocycles. The van der Waals surface area contributed by atoms with Crippen LogP contribution in [0.1, 0.15) is 34.8 Å². The Kier molecular flexibility index (Phi) is 4.51. The van der Waals surface area contributed by atoms with Crippen molar-refractivity contribution in [2.45, 2.75) is 26.3 Å². The van der Waals surface area contributed by atoms with E-state index in [1.807, 2.05) is 36.1 Å². The molecule has 0 aliphatic carbocycles. The molecule has 0 amide bonds. The first kappa shape index (κ1) is 18.4. The summed E-state index contributed by atoms with van der Waals surface area (Å²) in [5.74, 6) is 0.554. The van der Waals surface area contributed by atoms with Gasteiger partial charge in [-0.05, 0) is 54.8 Å². The molecule has 4 nitrogen and oxygen atoms in total. The van der Waals surface area contributed by atoms with Crippen LogP contribution in [0.15, 0.2) is 78.0 Å². The zero-order valence-electron chi connectivity index (χ0n) is 16.9. The van der Waals surface area contributed by atoms with Crippen LogP contribution in [0.4, 0.5) is 10.2 Å². The number of aromatic nitrogens is 3. The predicted molar refractivity (Wildman–Crippen MR) is 117 cm³/mol. The van der Waals surface area contributed by atoms with Crippen LogP contribution < -0.4 is 0 Å². The molecular formula is C25H21FN4. The van der Waals surface area contributed by atoms with Gasteiger partial charge in [-0.3, -0.25) is 4.98 Å². The quantitative estimate of drug-likeness (QED) is 0.438. The van der Waals surface area contributed by atoms with E-state index in [9.17, 15) is 4.39 Å². The molecule has 1 aliphatic rings. The van der Waals surface area contributed by atoms with Crippen molar-refractivity contribution < 1.29 is 4.39 Å². The fourth-order valence-electron chi connectivity index (χ4n) is 4.03. The third-order valence-corrected chi connectivity index (χ3v) is 5.59. The summed E-state index contributed by atoms with van der Waals surface area (Å²) in [6.45, 7) is 4.06. The Hall–Kier alpha value is -3.60. The summed E-state index contributed by atoms with van der Waals surface area (Å²) in [6.07, 6.45) is 4.36. The molecule has 0 fully saturated rings. The van der Waals surface area contributed by atoms with Gasteiger partial charge in [-0.1, -0.05) is 42.0 Å². The molecule has 0 bridgehead atoms. The van der Waals surface area contributed by atoms with Gasteiger partial charge in [0.15, 0.2) is 5.82 Å². The molecule has 0 radical (unpaired) electrons. The molecule has 148 valence electrons. The van der Waals surface area contributed by atoms with Gasteiger partial charge in [-0.25, -0.2) is 14.1 Å². The Morgan fingerprint density at radius 1 is 0.867 bits per heavy atom. The fourth-order valence-corrected chi connectivity index (χ4v) is 4.03. The largest absolute Gasteiger partial charge is 0.265 e. The molecule has 30 heavy (non-hydrogen) atoms. The van der Waals surface area contributed by atoms with Crippen molar-refractivity contribution in [3.8, 4) is 11.1 Å². The summed E-state index contributed by atoms with van der Waals surface area (Å²) in [4.78, 5) is 9.21. The molecule has 1 unspecified atom stereocenters. The molecule has 1 aliphatic heterocycles. The van der Waals surface area contributed by atoms with E-state index in [-0.39, 0.29) is 11.9 Å². The smallest absolute Gasteiger partial charge is 0.159 e. The van der Waals surface area contributed by atoms with Crippen LogP contribution in [0.2, 0.25) is 0 Å². The summed E-state index contributed by atoms with van der Waals surface area (Å²) in [7, 11) is 0. The predicted octanol–water partition coefficient (Wildman–Crippen LogP) is 5.81. The lowest BCUT2D eigenvalue weighted by atomic mass is 9.95. The van der Waals surface area contributed by atoms with Gasteiger partial charge in [0.25, 0.3) is 0 Å². The van der Waals surface area contributed by atoms with Crippen molar-refractivity contribution >= 4 is 11.5 Å². The van der Waals surface area contributed by atoms with E-state index in [0.29, 0.717) is 0 Å². The second-order valence-corrected chi connectivity index (χ2v) is 7.66. The zero-order valence-corrected chi connectivity index (χ0v) is 16.9. The number of fused-ring (bicyclic) bond motifs is 1. The summed E-state index contributed by atoms with van der Waals surface area (Å²) < 4.78 is 15.5. The second kappa shape index (κ2) is 7.34. The lowest BCUT2D eigenvalue weighted by molar-refractivity contribution is 0.529. The lowest BCUT2D eigenvalue weighted by Gasteiger charge is -2.25. The molecule has 0 N–H and O–H groups in total. The first-order valence-corrected chi connectivity index (χ1v) is 10.00. The third-order valence-electron chi connectivity index (χ3n) is 5.59. The molecule has 4 aromatic rings. The average molecular weight is 396 g/mol. The Labute approximate surface area is 174 Å². The number of halogens is 1. The van der Waals surface area contributed by atoms with E-state index in [4.69, 9.17) is 10.1 Å². The van der Waals surface area contributed by atoms with Crippen molar-refractivity contribution in [1.29, 1.82) is 0 Å². The fraction of sp³-hybridized carbons (Fsp3) is 0.160. The standard InChI is InChI=1S/C25H21FN4/c1-16-3-5-18(6-4-16)22-15-23(19-11-13-27-14-12-19)30-25(28-22)24(17(2)29-30)20-7-9-21(26)10-8-20/h3-14,23H,15H2,1-2H3. The van der Waals surface area contributed by atoms with Crippen LogP contribution in [-0.2, 0) is 0 Å². The number of hydrogen-bond donors (Lipinski definition) is 0. The van der Waals surface area contributed by atoms with E-state index < -0.39 is 0 Å². The van der Waals surface area contributed by atoms with Gasteiger partial charge in [0.05, 0.1) is 17.4 Å². The maximum absolute atomic E-state index is 13.5. The van der Waals surface area contributed by atoms with E-state index in [2.05, 4.69) is 36.2 Å². The van der Waals surface area contributed by atoms with E-state index in [1.54, 1.807) is 12.1 Å². The van der Waals surface area contributed by atoms with Crippen LogP contribution in [-0.4, -0.2) is 20.5 Å². The molecule has 5 rings (SSSR count). The maximum atomic E-state index is 13.5. The van der Waals surface area contributed by atoms with Crippen LogP contribution in [0.25, 0.3) is 11.1 Å². The van der Waals surface area contributed by atoms with E-state index >= 15 is 0 Å². The summed E-state index contributed by atoms with van der Waals surface area (Å²) in [5, 5.41) is 4.85. The van der Waals surface area contributed by atoms with Gasteiger partial charge in [-0.15, -0.1) is 0 Å². The number of nitrogens with zero attached hydrogens (tertiary/aromatic N) is 4. The van der Waals surface area contributed by atoms with Gasteiger partial charge < -0.3 is 0 Å². The number of pyridine rings is 1. The monoisotopic (exact) mass is 396 g/mol. The number of hydrogen-bond acceptors (Lipinski definition) is 3. The van der Waals surface area contributed by atoms with Gasteiger partial charge in [0.1, 0.15) is 5.82 Å². The van der Waals surface area contributed by atoms with E-state index in [0.717, 1.165) is 45.9 Å². The Morgan fingerprint density at radius 2 is 1.53 bits per heavy atom. The lowest BCUT2D eigenvalue weighted by Crippen LogP contribution is -2.21.